The van der Waals surface area contributed by atoms with Crippen LogP contribution in [0.1, 0.15) is 12.0 Å². The van der Waals surface area contributed by atoms with Gasteiger partial charge in [0.05, 0.1) is 0 Å². The molecule has 1 rings (SSSR count). The van der Waals surface area contributed by atoms with E-state index in [0.29, 0.717) is 5.75 Å². The van der Waals surface area contributed by atoms with Gasteiger partial charge in [0.2, 0.25) is 0 Å². The third-order valence-electron chi connectivity index (χ3n) is 2.36. The minimum atomic E-state index is -0.958. The highest BCUT2D eigenvalue weighted by Crippen LogP contribution is 2.13. The van der Waals surface area contributed by atoms with E-state index in [-0.39, 0.29) is 6.61 Å². The second-order valence-electron chi connectivity index (χ2n) is 4.23. The second-order valence-corrected chi connectivity index (χ2v) is 4.23. The van der Waals surface area contributed by atoms with Crippen LogP contribution >= 0.6 is 0 Å². The Balaban J connectivity index is 2.36. The molecule has 0 unspecified atom stereocenters. The maximum Gasteiger partial charge on any atom is 0.341 e. The Bertz CT molecular complexity index is 346. The molecule has 0 fully saturated rings. The maximum atomic E-state index is 10.3. The van der Waals surface area contributed by atoms with Gasteiger partial charge in [-0.25, -0.2) is 4.79 Å². The van der Waals surface area contributed by atoms with Gasteiger partial charge in [-0.15, -0.1) is 0 Å². The standard InChI is InChI=1S/C13H19NO3/c1-14(2)9-3-4-11-5-7-12(8-6-11)17-10-13(15)16/h5-8H,3-4,9-10H2,1-2H3,(H,15,16). The Labute approximate surface area is 102 Å². The van der Waals surface area contributed by atoms with E-state index in [1.165, 1.54) is 5.56 Å². The first kappa shape index (κ1) is 13.5. The zero-order valence-corrected chi connectivity index (χ0v) is 10.3. The van der Waals surface area contributed by atoms with E-state index < -0.39 is 5.97 Å². The number of benzene rings is 1. The van der Waals surface area contributed by atoms with Crippen LogP contribution in [0.2, 0.25) is 0 Å². The first-order valence-corrected chi connectivity index (χ1v) is 5.66. The van der Waals surface area contributed by atoms with Crippen LogP contribution in [0.25, 0.3) is 0 Å². The summed E-state index contributed by atoms with van der Waals surface area (Å²) in [5.41, 5.74) is 1.24. The molecule has 0 amide bonds. The SMILES string of the molecule is CN(C)CCCc1ccc(OCC(=O)O)cc1. The Morgan fingerprint density at radius 2 is 1.94 bits per heavy atom. The van der Waals surface area contributed by atoms with Crippen molar-refractivity contribution in [2.45, 2.75) is 12.8 Å². The Morgan fingerprint density at radius 3 is 2.47 bits per heavy atom. The van der Waals surface area contributed by atoms with Gasteiger partial charge in [-0.2, -0.15) is 0 Å². The largest absolute Gasteiger partial charge is 0.482 e. The molecular weight excluding hydrogens is 218 g/mol. The van der Waals surface area contributed by atoms with Crippen molar-refractivity contribution in [2.75, 3.05) is 27.2 Å². The van der Waals surface area contributed by atoms with E-state index >= 15 is 0 Å². The lowest BCUT2D eigenvalue weighted by Gasteiger charge is -2.09. The Hall–Kier alpha value is -1.55. The topological polar surface area (TPSA) is 49.8 Å². The first-order chi connectivity index (χ1) is 8.08. The van der Waals surface area contributed by atoms with Gasteiger partial charge >= 0.3 is 5.97 Å². The minimum Gasteiger partial charge on any atom is -0.482 e. The maximum absolute atomic E-state index is 10.3. The van der Waals surface area contributed by atoms with E-state index in [0.717, 1.165) is 19.4 Å². The van der Waals surface area contributed by atoms with Crippen molar-refractivity contribution in [1.82, 2.24) is 4.90 Å². The third kappa shape index (κ3) is 5.92. The van der Waals surface area contributed by atoms with Crippen LogP contribution in [0, 0.1) is 0 Å². The van der Waals surface area contributed by atoms with Gasteiger partial charge in [0.15, 0.2) is 6.61 Å². The van der Waals surface area contributed by atoms with Crippen LogP contribution < -0.4 is 4.74 Å². The van der Waals surface area contributed by atoms with E-state index in [9.17, 15) is 4.79 Å². The smallest absolute Gasteiger partial charge is 0.341 e. The van der Waals surface area contributed by atoms with Crippen LogP contribution in [0.15, 0.2) is 24.3 Å². The van der Waals surface area contributed by atoms with Crippen molar-refractivity contribution in [3.63, 3.8) is 0 Å². The fourth-order valence-electron chi connectivity index (χ4n) is 1.50. The summed E-state index contributed by atoms with van der Waals surface area (Å²) in [5, 5.41) is 8.47. The summed E-state index contributed by atoms with van der Waals surface area (Å²) in [6, 6.07) is 7.58. The van der Waals surface area contributed by atoms with Crippen molar-refractivity contribution < 1.29 is 14.6 Å². The number of aryl methyl sites for hydroxylation is 1. The highest BCUT2D eigenvalue weighted by Gasteiger charge is 1.99. The molecule has 1 N–H and O–H groups in total. The average molecular weight is 237 g/mol. The molecule has 0 heterocycles. The third-order valence-corrected chi connectivity index (χ3v) is 2.36. The van der Waals surface area contributed by atoms with Crippen molar-refractivity contribution >= 4 is 5.97 Å². The molecule has 17 heavy (non-hydrogen) atoms. The molecule has 0 aliphatic carbocycles. The molecule has 94 valence electrons. The van der Waals surface area contributed by atoms with Crippen LogP contribution in [-0.2, 0) is 11.2 Å². The lowest BCUT2D eigenvalue weighted by Crippen LogP contribution is -2.13. The molecule has 1 aromatic rings. The van der Waals surface area contributed by atoms with Gasteiger partial charge in [0, 0.05) is 0 Å². The lowest BCUT2D eigenvalue weighted by molar-refractivity contribution is -0.139. The quantitative estimate of drug-likeness (QED) is 0.783. The molecule has 1 aromatic carbocycles. The summed E-state index contributed by atoms with van der Waals surface area (Å²) in [6.45, 7) is 0.775. The van der Waals surface area contributed by atoms with E-state index in [4.69, 9.17) is 9.84 Å². The molecule has 0 aromatic heterocycles. The fourth-order valence-corrected chi connectivity index (χ4v) is 1.50. The first-order valence-electron chi connectivity index (χ1n) is 5.66. The van der Waals surface area contributed by atoms with E-state index in [1.807, 2.05) is 24.3 Å². The molecule has 0 bridgehead atoms. The predicted molar refractivity (Wildman–Crippen MR) is 66.4 cm³/mol. The van der Waals surface area contributed by atoms with Gasteiger partial charge in [-0.1, -0.05) is 12.1 Å². The molecule has 0 radical (unpaired) electrons. The summed E-state index contributed by atoms with van der Waals surface area (Å²) in [4.78, 5) is 12.5. The summed E-state index contributed by atoms with van der Waals surface area (Å²) < 4.78 is 5.06. The number of hydrogen-bond acceptors (Lipinski definition) is 3. The second kappa shape index (κ2) is 6.91. The average Bonchev–Trinajstić information content (AvgIpc) is 2.27. The predicted octanol–water partition coefficient (Wildman–Crippen LogP) is 1.64. The molecule has 0 saturated carbocycles. The summed E-state index contributed by atoms with van der Waals surface area (Å²) in [6.07, 6.45) is 2.14. The lowest BCUT2D eigenvalue weighted by atomic mass is 10.1. The van der Waals surface area contributed by atoms with Crippen LogP contribution in [0.5, 0.6) is 5.75 Å². The Morgan fingerprint density at radius 1 is 1.29 bits per heavy atom. The number of carbonyl (C=O) groups is 1. The molecule has 0 spiro atoms. The normalized spacial score (nSPS) is 10.5. The van der Waals surface area contributed by atoms with Gasteiger partial charge in [0.1, 0.15) is 5.75 Å². The van der Waals surface area contributed by atoms with Gasteiger partial charge < -0.3 is 14.7 Å². The number of carboxylic acids is 1. The van der Waals surface area contributed by atoms with Crippen molar-refractivity contribution in [3.05, 3.63) is 29.8 Å². The molecule has 4 nitrogen and oxygen atoms in total. The molecule has 0 aliphatic rings. The van der Waals surface area contributed by atoms with Crippen molar-refractivity contribution in [2.24, 2.45) is 0 Å². The van der Waals surface area contributed by atoms with Gasteiger partial charge in [-0.05, 0) is 51.2 Å². The number of aliphatic carboxylic acids is 1. The van der Waals surface area contributed by atoms with Crippen LogP contribution in [0.4, 0.5) is 0 Å². The van der Waals surface area contributed by atoms with Crippen LogP contribution in [-0.4, -0.2) is 43.2 Å². The minimum absolute atomic E-state index is 0.292. The monoisotopic (exact) mass is 237 g/mol. The zero-order chi connectivity index (χ0) is 12.7. The molecule has 0 saturated heterocycles. The number of hydrogen-bond donors (Lipinski definition) is 1. The summed E-state index contributed by atoms with van der Waals surface area (Å²) in [7, 11) is 4.12. The Kier molecular flexibility index (Phi) is 5.49. The summed E-state index contributed by atoms with van der Waals surface area (Å²) in [5.74, 6) is -0.358. The number of nitrogens with zero attached hydrogens (tertiary/aromatic N) is 1. The molecular formula is C13H19NO3. The zero-order valence-electron chi connectivity index (χ0n) is 10.3. The van der Waals surface area contributed by atoms with E-state index in [2.05, 4.69) is 19.0 Å². The summed E-state index contributed by atoms with van der Waals surface area (Å²) >= 11 is 0. The molecule has 4 heteroatoms. The number of rotatable bonds is 7. The molecule has 0 aliphatic heterocycles. The van der Waals surface area contributed by atoms with Gasteiger partial charge in [0.25, 0.3) is 0 Å². The van der Waals surface area contributed by atoms with Gasteiger partial charge in [-0.3, -0.25) is 0 Å². The van der Waals surface area contributed by atoms with Crippen molar-refractivity contribution in [1.29, 1.82) is 0 Å². The van der Waals surface area contributed by atoms with E-state index in [1.54, 1.807) is 0 Å². The number of carboxylic acid groups (broad SMARTS) is 1. The fraction of sp³-hybridized carbons (Fsp3) is 0.462. The van der Waals surface area contributed by atoms with Crippen LogP contribution in [0.3, 0.4) is 0 Å². The van der Waals surface area contributed by atoms with Crippen molar-refractivity contribution in [3.8, 4) is 5.75 Å². The highest BCUT2D eigenvalue weighted by atomic mass is 16.5. The molecule has 0 atom stereocenters. The highest BCUT2D eigenvalue weighted by molar-refractivity contribution is 5.68. The number of ether oxygens (including phenoxy) is 1.